The first-order valence-electron chi connectivity index (χ1n) is 8.08. The van der Waals surface area contributed by atoms with E-state index < -0.39 is 11.4 Å². The molecule has 4 rings (SSSR count). The van der Waals surface area contributed by atoms with Crippen LogP contribution in [-0.4, -0.2) is 28.8 Å². The van der Waals surface area contributed by atoms with Crippen LogP contribution < -0.4 is 0 Å². The molecule has 0 bridgehead atoms. The average Bonchev–Trinajstić information content (AvgIpc) is 3.21. The number of carbonyl (C=O) groups is 2. The molecule has 2 unspecified atom stereocenters. The Morgan fingerprint density at radius 1 is 1.08 bits per heavy atom. The van der Waals surface area contributed by atoms with Crippen molar-refractivity contribution in [2.24, 2.45) is 5.41 Å². The highest BCUT2D eigenvalue weighted by atomic mass is 32.2. The molecule has 0 radical (unpaired) electrons. The summed E-state index contributed by atoms with van der Waals surface area (Å²) in [4.78, 5) is 26.8. The first-order valence-corrected chi connectivity index (χ1v) is 8.96. The minimum Gasteiger partial charge on any atom is -0.468 e. The molecule has 1 aliphatic carbocycles. The van der Waals surface area contributed by atoms with Gasteiger partial charge in [0, 0.05) is 21.7 Å². The number of carbonyl (C=O) groups excluding carboxylic acids is 2. The Hall–Kier alpha value is -2.53. The average molecular weight is 351 g/mol. The van der Waals surface area contributed by atoms with Crippen LogP contribution in [0.2, 0.25) is 0 Å². The largest absolute Gasteiger partial charge is 0.468 e. The summed E-state index contributed by atoms with van der Waals surface area (Å²) in [6.45, 7) is 0. The van der Waals surface area contributed by atoms with E-state index in [9.17, 15) is 9.59 Å². The maximum atomic E-state index is 13.3. The Morgan fingerprint density at radius 3 is 2.56 bits per heavy atom. The summed E-state index contributed by atoms with van der Waals surface area (Å²) in [5.41, 5.74) is -0.303. The number of rotatable bonds is 4. The van der Waals surface area contributed by atoms with Crippen molar-refractivity contribution in [2.75, 3.05) is 7.11 Å². The van der Waals surface area contributed by atoms with Crippen LogP contribution in [0.25, 0.3) is 10.9 Å². The topological polar surface area (TPSA) is 48.3 Å². The van der Waals surface area contributed by atoms with Crippen LogP contribution in [0, 0.1) is 5.41 Å². The third-order valence-electron chi connectivity index (χ3n) is 4.67. The number of ether oxygens (including phenoxy) is 1. The zero-order valence-electron chi connectivity index (χ0n) is 13.7. The number of para-hydroxylation sites is 1. The first kappa shape index (κ1) is 16.0. The maximum Gasteiger partial charge on any atom is 0.322 e. The minimum atomic E-state index is -1.11. The van der Waals surface area contributed by atoms with Crippen molar-refractivity contribution in [3.05, 3.63) is 66.9 Å². The quantitative estimate of drug-likeness (QED) is 0.526. The van der Waals surface area contributed by atoms with Crippen LogP contribution in [0.15, 0.2) is 71.8 Å². The second kappa shape index (κ2) is 6.08. The Morgan fingerprint density at radius 2 is 1.80 bits per heavy atom. The first-order chi connectivity index (χ1) is 12.2. The number of aromatic nitrogens is 1. The van der Waals surface area contributed by atoms with Crippen molar-refractivity contribution < 1.29 is 14.3 Å². The van der Waals surface area contributed by atoms with E-state index in [-0.39, 0.29) is 11.2 Å². The van der Waals surface area contributed by atoms with Crippen molar-refractivity contribution >= 4 is 34.5 Å². The fraction of sp³-hybridized carbons (Fsp3) is 0.200. The number of methoxy groups -OCH3 is 1. The summed E-state index contributed by atoms with van der Waals surface area (Å²) in [6, 6.07) is 19.4. The minimum absolute atomic E-state index is 0.115. The van der Waals surface area contributed by atoms with E-state index in [0.717, 1.165) is 15.8 Å². The molecule has 0 aliphatic heterocycles. The van der Waals surface area contributed by atoms with Gasteiger partial charge in [0.05, 0.1) is 12.6 Å². The molecule has 1 saturated carbocycles. The van der Waals surface area contributed by atoms with Gasteiger partial charge >= 0.3 is 5.97 Å². The molecule has 4 nitrogen and oxygen atoms in total. The van der Waals surface area contributed by atoms with Gasteiger partial charge in [-0.25, -0.2) is 0 Å². The summed E-state index contributed by atoms with van der Waals surface area (Å²) >= 11 is 1.56. The smallest absolute Gasteiger partial charge is 0.322 e. The SMILES string of the molecule is COC(=O)C1(C(=O)n2ccc3ccccc32)CC1Sc1ccccc1. The van der Waals surface area contributed by atoms with Crippen molar-refractivity contribution in [3.63, 3.8) is 0 Å². The van der Waals surface area contributed by atoms with E-state index in [1.165, 1.54) is 7.11 Å². The van der Waals surface area contributed by atoms with Crippen LogP contribution in [0.1, 0.15) is 11.2 Å². The third-order valence-corrected chi connectivity index (χ3v) is 6.07. The number of hydrogen-bond donors (Lipinski definition) is 0. The van der Waals surface area contributed by atoms with Gasteiger partial charge in [-0.1, -0.05) is 36.4 Å². The molecule has 0 saturated heterocycles. The van der Waals surface area contributed by atoms with E-state index >= 15 is 0 Å². The summed E-state index contributed by atoms with van der Waals surface area (Å²) in [6.07, 6.45) is 2.23. The van der Waals surface area contributed by atoms with Gasteiger partial charge < -0.3 is 4.74 Å². The van der Waals surface area contributed by atoms with E-state index in [0.29, 0.717) is 6.42 Å². The van der Waals surface area contributed by atoms with Gasteiger partial charge in [-0.05, 0) is 30.7 Å². The fourth-order valence-electron chi connectivity index (χ4n) is 3.22. The molecule has 1 aliphatic rings. The molecule has 2 atom stereocenters. The predicted molar refractivity (Wildman–Crippen MR) is 97.7 cm³/mol. The van der Waals surface area contributed by atoms with E-state index in [1.54, 1.807) is 22.5 Å². The van der Waals surface area contributed by atoms with Gasteiger partial charge in [0.15, 0.2) is 5.41 Å². The van der Waals surface area contributed by atoms with Gasteiger partial charge in [-0.2, -0.15) is 0 Å². The monoisotopic (exact) mass is 351 g/mol. The third kappa shape index (κ3) is 2.55. The summed E-state index contributed by atoms with van der Waals surface area (Å²) < 4.78 is 6.57. The summed E-state index contributed by atoms with van der Waals surface area (Å²) in [5.74, 6) is -0.669. The number of thioether (sulfide) groups is 1. The Bertz CT molecular complexity index is 950. The number of fused-ring (bicyclic) bond motifs is 1. The lowest BCUT2D eigenvalue weighted by molar-refractivity contribution is -0.145. The van der Waals surface area contributed by atoms with Crippen LogP contribution in [0.5, 0.6) is 0 Å². The van der Waals surface area contributed by atoms with Crippen molar-refractivity contribution in [2.45, 2.75) is 16.6 Å². The Labute approximate surface area is 149 Å². The molecule has 0 amide bonds. The predicted octanol–water partition coefficient (Wildman–Crippen LogP) is 4.01. The number of nitrogens with zero attached hydrogens (tertiary/aromatic N) is 1. The standard InChI is InChI=1S/C20H17NO3S/c1-24-19(23)20(13-17(20)25-15-8-3-2-4-9-15)18(22)21-12-11-14-7-5-6-10-16(14)21/h2-12,17H,13H2,1H3. The number of benzene rings is 2. The molecule has 0 spiro atoms. The molecule has 3 aromatic rings. The highest BCUT2D eigenvalue weighted by Gasteiger charge is 2.67. The van der Waals surface area contributed by atoms with Crippen LogP contribution >= 0.6 is 11.8 Å². The number of hydrogen-bond acceptors (Lipinski definition) is 4. The lowest BCUT2D eigenvalue weighted by Crippen LogP contribution is -2.33. The fourth-order valence-corrected chi connectivity index (χ4v) is 4.61. The highest BCUT2D eigenvalue weighted by Crippen LogP contribution is 2.57. The summed E-state index contributed by atoms with van der Waals surface area (Å²) in [7, 11) is 1.34. The zero-order valence-corrected chi connectivity index (χ0v) is 14.5. The van der Waals surface area contributed by atoms with E-state index in [4.69, 9.17) is 4.74 Å². The highest BCUT2D eigenvalue weighted by molar-refractivity contribution is 8.00. The van der Waals surface area contributed by atoms with Crippen LogP contribution in [-0.2, 0) is 9.53 Å². The zero-order chi connectivity index (χ0) is 17.4. The molecule has 126 valence electrons. The molecule has 1 fully saturated rings. The molecule has 0 N–H and O–H groups in total. The Kier molecular flexibility index (Phi) is 3.88. The van der Waals surface area contributed by atoms with Crippen LogP contribution in [0.4, 0.5) is 0 Å². The normalized spacial score (nSPS) is 21.9. The van der Waals surface area contributed by atoms with Crippen molar-refractivity contribution in [3.8, 4) is 0 Å². The molecule has 1 heterocycles. The van der Waals surface area contributed by atoms with Crippen molar-refractivity contribution in [1.82, 2.24) is 4.57 Å². The molecular weight excluding hydrogens is 334 g/mol. The molecule has 25 heavy (non-hydrogen) atoms. The Balaban J connectivity index is 1.69. The second-order valence-electron chi connectivity index (χ2n) is 6.14. The van der Waals surface area contributed by atoms with Gasteiger partial charge in [0.25, 0.3) is 0 Å². The second-order valence-corrected chi connectivity index (χ2v) is 7.41. The van der Waals surface area contributed by atoms with Gasteiger partial charge in [0.1, 0.15) is 0 Å². The summed E-state index contributed by atoms with van der Waals surface area (Å²) in [5, 5.41) is 0.861. The maximum absolute atomic E-state index is 13.3. The molecule has 1 aromatic heterocycles. The van der Waals surface area contributed by atoms with Gasteiger partial charge in [-0.3, -0.25) is 14.2 Å². The van der Waals surface area contributed by atoms with Gasteiger partial charge in [0.2, 0.25) is 5.91 Å². The van der Waals surface area contributed by atoms with Crippen molar-refractivity contribution in [1.29, 1.82) is 0 Å². The van der Waals surface area contributed by atoms with Gasteiger partial charge in [-0.15, -0.1) is 11.8 Å². The lowest BCUT2D eigenvalue weighted by Gasteiger charge is -2.15. The van der Waals surface area contributed by atoms with E-state index in [2.05, 4.69) is 0 Å². The molecule has 5 heteroatoms. The number of esters is 1. The van der Waals surface area contributed by atoms with E-state index in [1.807, 2.05) is 60.7 Å². The molecule has 2 aromatic carbocycles. The molecular formula is C20H17NO3S. The lowest BCUT2D eigenvalue weighted by atomic mass is 10.1. The van der Waals surface area contributed by atoms with Crippen LogP contribution in [0.3, 0.4) is 0 Å².